The molecule has 26 heavy (non-hydrogen) atoms. The number of anilines is 1. The highest BCUT2D eigenvalue weighted by Crippen LogP contribution is 2.39. The number of rotatable bonds is 4. The van der Waals surface area contributed by atoms with E-state index >= 15 is 0 Å². The highest BCUT2D eigenvalue weighted by Gasteiger charge is 2.22. The van der Waals surface area contributed by atoms with Crippen LogP contribution in [-0.2, 0) is 4.74 Å². The molecule has 0 radical (unpaired) electrons. The molecule has 1 aliphatic rings. The maximum atomic E-state index is 11.9. The zero-order valence-corrected chi connectivity index (χ0v) is 16.9. The van der Waals surface area contributed by atoms with Crippen molar-refractivity contribution >= 4 is 27.7 Å². The summed E-state index contributed by atoms with van der Waals surface area (Å²) in [5.74, 6) is 0.880. The number of nitrogens with one attached hydrogen (secondary N) is 1. The van der Waals surface area contributed by atoms with Crippen molar-refractivity contribution in [3.63, 3.8) is 0 Å². The number of para-hydroxylation sites is 1. The molecule has 0 saturated heterocycles. The summed E-state index contributed by atoms with van der Waals surface area (Å²) in [4.78, 5) is 11.9. The first-order valence-electron chi connectivity index (χ1n) is 8.87. The molecular weight excluding hydrogens is 394 g/mol. The lowest BCUT2D eigenvalue weighted by atomic mass is 9.96. The third-order valence-electron chi connectivity index (χ3n) is 4.14. The van der Waals surface area contributed by atoms with Crippen LogP contribution in [0.3, 0.4) is 0 Å². The van der Waals surface area contributed by atoms with Gasteiger partial charge in [0.05, 0.1) is 10.6 Å². The van der Waals surface area contributed by atoms with Crippen LogP contribution in [0.2, 0.25) is 0 Å². The molecular formula is C21H24BrNO3. The van der Waals surface area contributed by atoms with E-state index in [1.165, 1.54) is 6.42 Å². The number of hydrogen-bond acceptors (Lipinski definition) is 3. The second-order valence-corrected chi connectivity index (χ2v) is 8.35. The molecule has 0 aromatic heterocycles. The van der Waals surface area contributed by atoms with Gasteiger partial charge >= 0.3 is 6.09 Å². The summed E-state index contributed by atoms with van der Waals surface area (Å²) < 4.78 is 12.4. The number of hydrogen-bond donors (Lipinski definition) is 1. The van der Waals surface area contributed by atoms with Gasteiger partial charge in [0.1, 0.15) is 11.4 Å². The van der Waals surface area contributed by atoms with Gasteiger partial charge in [-0.25, -0.2) is 4.79 Å². The Morgan fingerprint density at radius 2 is 1.81 bits per heavy atom. The Labute approximate surface area is 163 Å². The molecule has 3 rings (SSSR count). The lowest BCUT2D eigenvalue weighted by Gasteiger charge is -2.28. The van der Waals surface area contributed by atoms with Crippen LogP contribution in [0.4, 0.5) is 10.5 Å². The number of halogens is 1. The van der Waals surface area contributed by atoms with E-state index in [1.807, 2.05) is 57.2 Å². The van der Waals surface area contributed by atoms with Crippen molar-refractivity contribution in [3.05, 3.63) is 46.9 Å². The normalized spacial score (nSPS) is 14.5. The molecule has 1 fully saturated rings. The fraction of sp³-hybridized carbons (Fsp3) is 0.381. The van der Waals surface area contributed by atoms with Gasteiger partial charge in [-0.3, -0.25) is 5.32 Å². The van der Waals surface area contributed by atoms with Gasteiger partial charge in [-0.05, 0) is 79.7 Å². The highest BCUT2D eigenvalue weighted by atomic mass is 79.9. The van der Waals surface area contributed by atoms with Gasteiger partial charge in [0, 0.05) is 11.3 Å². The van der Waals surface area contributed by atoms with Gasteiger partial charge in [0.25, 0.3) is 0 Å². The molecule has 138 valence electrons. The van der Waals surface area contributed by atoms with Crippen molar-refractivity contribution in [2.75, 3.05) is 5.32 Å². The molecule has 2 aromatic rings. The topological polar surface area (TPSA) is 47.6 Å². The first-order valence-corrected chi connectivity index (χ1v) is 9.67. The Balaban J connectivity index is 1.76. The van der Waals surface area contributed by atoms with Crippen LogP contribution in [0.25, 0.3) is 11.1 Å². The number of benzene rings is 2. The van der Waals surface area contributed by atoms with Crippen LogP contribution in [0.1, 0.15) is 40.0 Å². The summed E-state index contributed by atoms with van der Waals surface area (Å²) in [6.07, 6.45) is 3.30. The molecule has 5 heteroatoms. The van der Waals surface area contributed by atoms with Crippen molar-refractivity contribution in [3.8, 4) is 16.9 Å². The van der Waals surface area contributed by atoms with E-state index < -0.39 is 11.7 Å². The average Bonchev–Trinajstić information content (AvgIpc) is 2.50. The van der Waals surface area contributed by atoms with Crippen molar-refractivity contribution < 1.29 is 14.3 Å². The van der Waals surface area contributed by atoms with Gasteiger partial charge in [-0.2, -0.15) is 0 Å². The van der Waals surface area contributed by atoms with E-state index in [4.69, 9.17) is 9.47 Å². The van der Waals surface area contributed by atoms with Crippen LogP contribution < -0.4 is 10.1 Å². The van der Waals surface area contributed by atoms with Crippen LogP contribution in [0.5, 0.6) is 5.75 Å². The van der Waals surface area contributed by atoms with Crippen molar-refractivity contribution in [1.29, 1.82) is 0 Å². The summed E-state index contributed by atoms with van der Waals surface area (Å²) in [5.41, 5.74) is 2.25. The van der Waals surface area contributed by atoms with E-state index in [0.29, 0.717) is 11.8 Å². The maximum Gasteiger partial charge on any atom is 0.412 e. The first kappa shape index (κ1) is 18.8. The minimum Gasteiger partial charge on any atom is -0.489 e. The van der Waals surface area contributed by atoms with E-state index in [-0.39, 0.29) is 0 Å². The molecule has 0 heterocycles. The quantitative estimate of drug-likeness (QED) is 0.626. The van der Waals surface area contributed by atoms with E-state index in [9.17, 15) is 4.79 Å². The molecule has 0 unspecified atom stereocenters. The minimum absolute atomic E-state index is 0.306. The van der Waals surface area contributed by atoms with Crippen LogP contribution >= 0.6 is 15.9 Å². The number of carbonyl (C=O) groups is 1. The lowest BCUT2D eigenvalue weighted by Crippen LogP contribution is -2.27. The molecule has 2 aromatic carbocycles. The summed E-state index contributed by atoms with van der Waals surface area (Å²) in [7, 11) is 0. The SMILES string of the molecule is CC(C)(C)OC(=O)Nc1ccc(-c2cccc(Br)c2OC2CCC2)cc1. The Morgan fingerprint density at radius 3 is 2.38 bits per heavy atom. The molecule has 1 aliphatic carbocycles. The average molecular weight is 418 g/mol. The third kappa shape index (κ3) is 4.79. The predicted octanol–water partition coefficient (Wildman–Crippen LogP) is 6.39. The monoisotopic (exact) mass is 417 g/mol. The maximum absolute atomic E-state index is 11.9. The van der Waals surface area contributed by atoms with Crippen LogP contribution in [0.15, 0.2) is 46.9 Å². The predicted molar refractivity (Wildman–Crippen MR) is 108 cm³/mol. The molecule has 0 aliphatic heterocycles. The summed E-state index contributed by atoms with van der Waals surface area (Å²) in [5, 5.41) is 2.75. The highest BCUT2D eigenvalue weighted by molar-refractivity contribution is 9.10. The summed E-state index contributed by atoms with van der Waals surface area (Å²) in [6.45, 7) is 5.52. The van der Waals surface area contributed by atoms with E-state index in [2.05, 4.69) is 27.3 Å². The Morgan fingerprint density at radius 1 is 1.12 bits per heavy atom. The molecule has 1 saturated carbocycles. The Hall–Kier alpha value is -2.01. The fourth-order valence-corrected chi connectivity index (χ4v) is 3.13. The molecule has 0 atom stereocenters. The summed E-state index contributed by atoms with van der Waals surface area (Å²) >= 11 is 3.60. The smallest absolute Gasteiger partial charge is 0.412 e. The summed E-state index contributed by atoms with van der Waals surface area (Å²) in [6, 6.07) is 13.7. The van der Waals surface area contributed by atoms with Gasteiger partial charge in [0.2, 0.25) is 0 Å². The van der Waals surface area contributed by atoms with Crippen LogP contribution in [-0.4, -0.2) is 17.8 Å². The van der Waals surface area contributed by atoms with Gasteiger partial charge < -0.3 is 9.47 Å². The Kier molecular flexibility index (Phi) is 5.56. The molecule has 4 nitrogen and oxygen atoms in total. The minimum atomic E-state index is -0.520. The standard InChI is InChI=1S/C21H24BrNO3/c1-21(2,3)26-20(24)23-15-12-10-14(11-13-15)17-8-5-9-18(22)19(17)25-16-6-4-7-16/h5,8-13,16H,4,6-7H2,1-3H3,(H,23,24). The third-order valence-corrected chi connectivity index (χ3v) is 4.77. The zero-order chi connectivity index (χ0) is 18.7. The van der Waals surface area contributed by atoms with Crippen LogP contribution in [0, 0.1) is 0 Å². The van der Waals surface area contributed by atoms with E-state index in [1.54, 1.807) is 0 Å². The van der Waals surface area contributed by atoms with E-state index in [0.717, 1.165) is 34.2 Å². The lowest BCUT2D eigenvalue weighted by molar-refractivity contribution is 0.0636. The molecule has 0 bridgehead atoms. The number of amides is 1. The zero-order valence-electron chi connectivity index (χ0n) is 15.3. The van der Waals surface area contributed by atoms with Gasteiger partial charge in [0.15, 0.2) is 0 Å². The largest absolute Gasteiger partial charge is 0.489 e. The molecule has 0 spiro atoms. The van der Waals surface area contributed by atoms with Crippen molar-refractivity contribution in [2.45, 2.75) is 51.7 Å². The second kappa shape index (κ2) is 7.70. The van der Waals surface area contributed by atoms with Crippen molar-refractivity contribution in [2.24, 2.45) is 0 Å². The number of carbonyl (C=O) groups excluding carboxylic acids is 1. The van der Waals surface area contributed by atoms with Gasteiger partial charge in [-0.15, -0.1) is 0 Å². The fourth-order valence-electron chi connectivity index (χ4n) is 2.67. The molecule has 1 amide bonds. The van der Waals surface area contributed by atoms with Gasteiger partial charge in [-0.1, -0.05) is 24.3 Å². The van der Waals surface area contributed by atoms with Crippen molar-refractivity contribution in [1.82, 2.24) is 0 Å². The first-order chi connectivity index (χ1) is 12.3. The molecule has 1 N–H and O–H groups in total. The second-order valence-electron chi connectivity index (χ2n) is 7.49. The Bertz CT molecular complexity index is 777. The number of ether oxygens (including phenoxy) is 2.